The molecule has 1 aliphatic rings. The second-order valence-electron chi connectivity index (χ2n) is 5.04. The summed E-state index contributed by atoms with van der Waals surface area (Å²) in [5.41, 5.74) is 1.11. The van der Waals surface area contributed by atoms with Gasteiger partial charge in [0.25, 0.3) is 0 Å². The van der Waals surface area contributed by atoms with Gasteiger partial charge in [-0.05, 0) is 44.0 Å². The molecule has 0 aliphatic heterocycles. The Kier molecular flexibility index (Phi) is 4.24. The number of anilines is 1. The van der Waals surface area contributed by atoms with Crippen LogP contribution in [-0.2, 0) is 10.0 Å². The van der Waals surface area contributed by atoms with E-state index < -0.39 is 10.0 Å². The molecule has 0 amide bonds. The van der Waals surface area contributed by atoms with Crippen molar-refractivity contribution < 1.29 is 13.2 Å². The number of benzene rings is 1. The standard InChI is InChI=1S/C14H19NO3S/c1-11(16)12-7-9-13(10-8-12)15-19(17,18)14-5-3-2-4-6-14/h7-10,14-15H,2-6H2,1H3. The lowest BCUT2D eigenvalue weighted by Crippen LogP contribution is -2.29. The SMILES string of the molecule is CC(=O)c1ccc(NS(=O)(=O)C2CCCCC2)cc1. The van der Waals surface area contributed by atoms with Gasteiger partial charge < -0.3 is 0 Å². The molecule has 1 saturated carbocycles. The van der Waals surface area contributed by atoms with E-state index in [1.165, 1.54) is 6.92 Å². The molecule has 19 heavy (non-hydrogen) atoms. The van der Waals surface area contributed by atoms with Crippen LogP contribution in [0.15, 0.2) is 24.3 Å². The first-order chi connectivity index (χ1) is 8.99. The molecule has 4 nitrogen and oxygen atoms in total. The molecule has 1 fully saturated rings. The minimum atomic E-state index is -3.30. The molecule has 1 aromatic carbocycles. The number of carbonyl (C=O) groups is 1. The molecule has 104 valence electrons. The van der Waals surface area contributed by atoms with Gasteiger partial charge in [-0.15, -0.1) is 0 Å². The number of sulfonamides is 1. The molecule has 0 aromatic heterocycles. The van der Waals surface area contributed by atoms with Crippen LogP contribution < -0.4 is 4.72 Å². The number of ketones is 1. The van der Waals surface area contributed by atoms with E-state index in [4.69, 9.17) is 0 Å². The molecule has 0 bridgehead atoms. The highest BCUT2D eigenvalue weighted by molar-refractivity contribution is 7.93. The highest BCUT2D eigenvalue weighted by Gasteiger charge is 2.27. The third-order valence-corrected chi connectivity index (χ3v) is 5.41. The van der Waals surface area contributed by atoms with E-state index >= 15 is 0 Å². The largest absolute Gasteiger partial charge is 0.295 e. The molecule has 0 spiro atoms. The number of hydrogen-bond donors (Lipinski definition) is 1. The molecule has 1 N–H and O–H groups in total. The average molecular weight is 281 g/mol. The van der Waals surface area contributed by atoms with Gasteiger partial charge in [-0.1, -0.05) is 19.3 Å². The summed E-state index contributed by atoms with van der Waals surface area (Å²) in [5.74, 6) is -0.0262. The van der Waals surface area contributed by atoms with Crippen LogP contribution in [0.1, 0.15) is 49.4 Å². The molecule has 0 atom stereocenters. The summed E-state index contributed by atoms with van der Waals surface area (Å²) in [6, 6.07) is 6.55. The van der Waals surface area contributed by atoms with E-state index in [2.05, 4.69) is 4.72 Å². The van der Waals surface area contributed by atoms with Crippen molar-refractivity contribution >= 4 is 21.5 Å². The van der Waals surface area contributed by atoms with Crippen molar-refractivity contribution in [2.45, 2.75) is 44.3 Å². The van der Waals surface area contributed by atoms with Crippen LogP contribution in [0.3, 0.4) is 0 Å². The quantitative estimate of drug-likeness (QED) is 0.863. The highest BCUT2D eigenvalue weighted by atomic mass is 32.2. The fourth-order valence-electron chi connectivity index (χ4n) is 2.40. The minimum Gasteiger partial charge on any atom is -0.295 e. The normalized spacial score (nSPS) is 17.1. The summed E-state index contributed by atoms with van der Waals surface area (Å²) in [7, 11) is -3.30. The molecule has 1 aromatic rings. The van der Waals surface area contributed by atoms with Crippen molar-refractivity contribution in [3.63, 3.8) is 0 Å². The Bertz CT molecular complexity index is 543. The van der Waals surface area contributed by atoms with Gasteiger partial charge in [-0.3, -0.25) is 9.52 Å². The third kappa shape index (κ3) is 3.56. The van der Waals surface area contributed by atoms with Crippen molar-refractivity contribution in [3.05, 3.63) is 29.8 Å². The molecule has 2 rings (SSSR count). The Labute approximate surface area is 114 Å². The minimum absolute atomic E-state index is 0.0262. The average Bonchev–Trinajstić information content (AvgIpc) is 2.40. The summed E-state index contributed by atoms with van der Waals surface area (Å²) in [6.07, 6.45) is 4.56. The van der Waals surface area contributed by atoms with Crippen LogP contribution >= 0.6 is 0 Å². The first-order valence-corrected chi connectivity index (χ1v) is 8.16. The van der Waals surface area contributed by atoms with Crippen LogP contribution in [-0.4, -0.2) is 19.5 Å². The second kappa shape index (κ2) is 5.74. The Morgan fingerprint density at radius 2 is 1.68 bits per heavy atom. The van der Waals surface area contributed by atoms with E-state index in [1.807, 2.05) is 0 Å². The molecule has 0 saturated heterocycles. The van der Waals surface area contributed by atoms with Crippen LogP contribution in [0.2, 0.25) is 0 Å². The van der Waals surface area contributed by atoms with Crippen molar-refractivity contribution in [2.75, 3.05) is 4.72 Å². The van der Waals surface area contributed by atoms with E-state index in [9.17, 15) is 13.2 Å². The summed E-state index contributed by atoms with van der Waals surface area (Å²) in [5, 5.41) is -0.284. The maximum absolute atomic E-state index is 12.2. The van der Waals surface area contributed by atoms with Gasteiger partial charge in [-0.25, -0.2) is 8.42 Å². The summed E-state index contributed by atoms with van der Waals surface area (Å²) >= 11 is 0. The predicted molar refractivity (Wildman–Crippen MR) is 75.9 cm³/mol. The van der Waals surface area contributed by atoms with E-state index in [0.717, 1.165) is 32.1 Å². The molecular weight excluding hydrogens is 262 g/mol. The lowest BCUT2D eigenvalue weighted by atomic mass is 10.0. The fourth-order valence-corrected chi connectivity index (χ4v) is 3.98. The van der Waals surface area contributed by atoms with Crippen molar-refractivity contribution in [2.24, 2.45) is 0 Å². The monoisotopic (exact) mass is 281 g/mol. The van der Waals surface area contributed by atoms with Crippen molar-refractivity contribution in [3.8, 4) is 0 Å². The number of nitrogens with one attached hydrogen (secondary N) is 1. The second-order valence-corrected chi connectivity index (χ2v) is 7.00. The smallest absolute Gasteiger partial charge is 0.235 e. The Hall–Kier alpha value is -1.36. The van der Waals surface area contributed by atoms with Crippen molar-refractivity contribution in [1.29, 1.82) is 0 Å². The predicted octanol–water partition coefficient (Wildman–Crippen LogP) is 2.96. The van der Waals surface area contributed by atoms with Gasteiger partial charge in [0.1, 0.15) is 0 Å². The zero-order valence-corrected chi connectivity index (χ0v) is 11.9. The van der Waals surface area contributed by atoms with Gasteiger partial charge in [0.15, 0.2) is 5.78 Å². The first kappa shape index (κ1) is 14.1. The maximum Gasteiger partial charge on any atom is 0.235 e. The fraction of sp³-hybridized carbons (Fsp3) is 0.500. The number of Topliss-reactive ketones (excluding diaryl/α,β-unsaturated/α-hetero) is 1. The molecule has 5 heteroatoms. The number of rotatable bonds is 4. The van der Waals surface area contributed by atoms with Crippen LogP contribution in [0.25, 0.3) is 0 Å². The molecule has 0 unspecified atom stereocenters. The van der Waals surface area contributed by atoms with Crippen LogP contribution in [0.5, 0.6) is 0 Å². The molecule has 0 radical (unpaired) electrons. The zero-order valence-electron chi connectivity index (χ0n) is 11.1. The van der Waals surface area contributed by atoms with Crippen LogP contribution in [0, 0.1) is 0 Å². The van der Waals surface area contributed by atoms with Crippen LogP contribution in [0.4, 0.5) is 5.69 Å². The zero-order chi connectivity index (χ0) is 13.9. The summed E-state index contributed by atoms with van der Waals surface area (Å²) in [6.45, 7) is 1.49. The number of hydrogen-bond acceptors (Lipinski definition) is 3. The molecular formula is C14H19NO3S. The van der Waals surface area contributed by atoms with Gasteiger partial charge in [0.2, 0.25) is 10.0 Å². The molecule has 0 heterocycles. The van der Waals surface area contributed by atoms with Gasteiger partial charge >= 0.3 is 0 Å². The number of carbonyl (C=O) groups excluding carboxylic acids is 1. The van der Waals surface area contributed by atoms with E-state index in [-0.39, 0.29) is 11.0 Å². The third-order valence-electron chi connectivity index (χ3n) is 3.54. The summed E-state index contributed by atoms with van der Waals surface area (Å²) < 4.78 is 27.0. The highest BCUT2D eigenvalue weighted by Crippen LogP contribution is 2.25. The Balaban J connectivity index is 2.09. The topological polar surface area (TPSA) is 63.2 Å². The Morgan fingerprint density at radius 3 is 2.21 bits per heavy atom. The lowest BCUT2D eigenvalue weighted by molar-refractivity contribution is 0.101. The Morgan fingerprint density at radius 1 is 1.11 bits per heavy atom. The first-order valence-electron chi connectivity index (χ1n) is 6.62. The maximum atomic E-state index is 12.2. The summed E-state index contributed by atoms with van der Waals surface area (Å²) in [4.78, 5) is 11.2. The van der Waals surface area contributed by atoms with Gasteiger partial charge in [0.05, 0.1) is 5.25 Å². The van der Waals surface area contributed by atoms with E-state index in [1.54, 1.807) is 24.3 Å². The van der Waals surface area contributed by atoms with Gasteiger partial charge in [0, 0.05) is 11.3 Å². The lowest BCUT2D eigenvalue weighted by Gasteiger charge is -2.22. The van der Waals surface area contributed by atoms with E-state index in [0.29, 0.717) is 11.3 Å². The van der Waals surface area contributed by atoms with Crippen molar-refractivity contribution in [1.82, 2.24) is 0 Å². The molecule has 1 aliphatic carbocycles. The van der Waals surface area contributed by atoms with Gasteiger partial charge in [-0.2, -0.15) is 0 Å².